The van der Waals surface area contributed by atoms with Gasteiger partial charge in [-0.15, -0.1) is 13.2 Å². The molecule has 5 heteroatoms. The number of aliphatic hydroxyl groups is 1. The summed E-state index contributed by atoms with van der Waals surface area (Å²) in [6.07, 6.45) is -3.59. The standard InChI is InChI=1S/C11H12F3O2/c1-2-4-8-5-3-6-9(7-15)10(8)16-11(12,13)14/h3,5-7,15H,2,4H2,1H3. The van der Waals surface area contributed by atoms with Crippen molar-refractivity contribution in [3.05, 3.63) is 35.9 Å². The quantitative estimate of drug-likeness (QED) is 0.863. The van der Waals surface area contributed by atoms with Gasteiger partial charge in [-0.3, -0.25) is 0 Å². The Bertz CT molecular complexity index is 348. The van der Waals surface area contributed by atoms with Gasteiger partial charge in [0.05, 0.1) is 0 Å². The van der Waals surface area contributed by atoms with Gasteiger partial charge >= 0.3 is 6.36 Å². The van der Waals surface area contributed by atoms with Crippen LogP contribution in [0.15, 0.2) is 18.2 Å². The van der Waals surface area contributed by atoms with Gasteiger partial charge in [-0.25, -0.2) is 0 Å². The van der Waals surface area contributed by atoms with E-state index in [0.717, 1.165) is 0 Å². The minimum Gasteiger partial charge on any atom is -0.405 e. The number of rotatable bonds is 4. The summed E-state index contributed by atoms with van der Waals surface area (Å²) < 4.78 is 40.4. The first kappa shape index (κ1) is 12.8. The number of para-hydroxylation sites is 1. The molecule has 0 atom stereocenters. The molecule has 1 N–H and O–H groups in total. The number of ether oxygens (including phenoxy) is 1. The maximum absolute atomic E-state index is 12.2. The van der Waals surface area contributed by atoms with Crippen LogP contribution in [0.3, 0.4) is 0 Å². The van der Waals surface area contributed by atoms with Gasteiger partial charge < -0.3 is 9.84 Å². The summed E-state index contributed by atoms with van der Waals surface area (Å²) in [6.45, 7) is 2.47. The molecule has 0 aromatic heterocycles. The van der Waals surface area contributed by atoms with Crippen molar-refractivity contribution in [3.8, 4) is 5.75 Å². The molecule has 2 nitrogen and oxygen atoms in total. The monoisotopic (exact) mass is 233 g/mol. The molecule has 0 aliphatic rings. The molecule has 89 valence electrons. The highest BCUT2D eigenvalue weighted by Gasteiger charge is 2.33. The highest BCUT2D eigenvalue weighted by molar-refractivity contribution is 5.44. The topological polar surface area (TPSA) is 29.5 Å². The van der Waals surface area contributed by atoms with Crippen molar-refractivity contribution in [2.75, 3.05) is 0 Å². The largest absolute Gasteiger partial charge is 0.573 e. The molecule has 16 heavy (non-hydrogen) atoms. The Labute approximate surface area is 91.7 Å². The number of aryl methyl sites for hydroxylation is 1. The third-order valence-electron chi connectivity index (χ3n) is 2.00. The lowest BCUT2D eigenvalue weighted by atomic mass is 10.1. The number of alkyl halides is 3. The van der Waals surface area contributed by atoms with Gasteiger partial charge in [0.1, 0.15) is 12.4 Å². The van der Waals surface area contributed by atoms with Gasteiger partial charge in [-0.05, 0) is 12.0 Å². The molecule has 0 saturated heterocycles. The van der Waals surface area contributed by atoms with E-state index in [9.17, 15) is 13.2 Å². The molecule has 1 rings (SSSR count). The first-order valence-electron chi connectivity index (χ1n) is 4.83. The van der Waals surface area contributed by atoms with Gasteiger partial charge in [0.2, 0.25) is 0 Å². The smallest absolute Gasteiger partial charge is 0.405 e. The molecule has 0 bridgehead atoms. The summed E-state index contributed by atoms with van der Waals surface area (Å²) in [5, 5.41) is 8.84. The van der Waals surface area contributed by atoms with Crippen LogP contribution in [0.25, 0.3) is 0 Å². The summed E-state index contributed by atoms with van der Waals surface area (Å²) in [6, 6.07) is 4.49. The zero-order valence-corrected chi connectivity index (χ0v) is 8.71. The van der Waals surface area contributed by atoms with Crippen molar-refractivity contribution in [2.24, 2.45) is 0 Å². The maximum Gasteiger partial charge on any atom is 0.573 e. The Balaban J connectivity index is 3.09. The Hall–Kier alpha value is -1.23. The molecule has 0 aliphatic heterocycles. The Morgan fingerprint density at radius 1 is 1.38 bits per heavy atom. The van der Waals surface area contributed by atoms with Gasteiger partial charge in [-0.1, -0.05) is 31.5 Å². The van der Waals surface area contributed by atoms with E-state index in [1.807, 2.05) is 6.92 Å². The van der Waals surface area contributed by atoms with Gasteiger partial charge in [0, 0.05) is 5.56 Å². The summed E-state index contributed by atoms with van der Waals surface area (Å²) in [7, 11) is 0. The molecule has 1 aromatic rings. The highest BCUT2D eigenvalue weighted by Crippen LogP contribution is 2.31. The summed E-state index contributed by atoms with van der Waals surface area (Å²) in [4.78, 5) is 0. The van der Waals surface area contributed by atoms with Gasteiger partial charge in [-0.2, -0.15) is 0 Å². The van der Waals surface area contributed by atoms with Crippen LogP contribution in [0, 0.1) is 6.61 Å². The average molecular weight is 233 g/mol. The fourth-order valence-electron chi connectivity index (χ4n) is 1.41. The molecular weight excluding hydrogens is 221 g/mol. The minimum absolute atomic E-state index is 0.0308. The number of halogens is 3. The lowest BCUT2D eigenvalue weighted by Gasteiger charge is -2.15. The van der Waals surface area contributed by atoms with Crippen LogP contribution in [-0.2, 0) is 6.42 Å². The fraction of sp³-hybridized carbons (Fsp3) is 0.364. The molecule has 0 heterocycles. The highest BCUT2D eigenvalue weighted by atomic mass is 19.4. The Morgan fingerprint density at radius 2 is 2.06 bits per heavy atom. The first-order valence-corrected chi connectivity index (χ1v) is 4.83. The minimum atomic E-state index is -4.75. The fourth-order valence-corrected chi connectivity index (χ4v) is 1.41. The van der Waals surface area contributed by atoms with E-state index < -0.39 is 6.36 Å². The van der Waals surface area contributed by atoms with Crippen LogP contribution in [0.1, 0.15) is 24.5 Å². The molecule has 0 spiro atoms. The van der Waals surface area contributed by atoms with Crippen LogP contribution in [0.5, 0.6) is 5.75 Å². The molecule has 1 aromatic carbocycles. The second-order valence-corrected chi connectivity index (χ2v) is 3.26. The molecule has 0 aliphatic carbocycles. The predicted molar refractivity (Wildman–Crippen MR) is 52.5 cm³/mol. The Morgan fingerprint density at radius 3 is 2.56 bits per heavy atom. The number of aliphatic hydroxyl groups excluding tert-OH is 1. The van der Waals surface area contributed by atoms with Gasteiger partial charge in [0.15, 0.2) is 0 Å². The SMILES string of the molecule is CCCc1cccc([CH]O)c1OC(F)(F)F. The number of hydrogen-bond donors (Lipinski definition) is 1. The van der Waals surface area contributed by atoms with E-state index in [0.29, 0.717) is 25.0 Å². The molecule has 0 amide bonds. The summed E-state index contributed by atoms with van der Waals surface area (Å²) in [5.74, 6) is -0.320. The van der Waals surface area contributed by atoms with E-state index >= 15 is 0 Å². The average Bonchev–Trinajstić information content (AvgIpc) is 2.19. The van der Waals surface area contributed by atoms with Crippen LogP contribution in [0.4, 0.5) is 13.2 Å². The van der Waals surface area contributed by atoms with Gasteiger partial charge in [0.25, 0.3) is 0 Å². The number of hydrogen-bond acceptors (Lipinski definition) is 2. The second kappa shape index (κ2) is 5.21. The van der Waals surface area contributed by atoms with E-state index in [1.165, 1.54) is 6.07 Å². The van der Waals surface area contributed by atoms with Crippen LogP contribution < -0.4 is 4.74 Å². The van der Waals surface area contributed by atoms with Crippen molar-refractivity contribution in [1.29, 1.82) is 0 Å². The first-order chi connectivity index (χ1) is 7.48. The third-order valence-corrected chi connectivity index (χ3v) is 2.00. The van der Waals surface area contributed by atoms with E-state index in [-0.39, 0.29) is 11.3 Å². The lowest BCUT2D eigenvalue weighted by molar-refractivity contribution is -0.275. The predicted octanol–water partition coefficient (Wildman–Crippen LogP) is 3.42. The van der Waals surface area contributed by atoms with Crippen LogP contribution >= 0.6 is 0 Å². The third kappa shape index (κ3) is 3.41. The van der Waals surface area contributed by atoms with Crippen molar-refractivity contribution < 1.29 is 23.0 Å². The molecular formula is C11H12F3O2. The summed E-state index contributed by atoms with van der Waals surface area (Å²) >= 11 is 0. The zero-order chi connectivity index (χ0) is 12.2. The molecule has 1 radical (unpaired) electrons. The van der Waals surface area contributed by atoms with Crippen molar-refractivity contribution in [2.45, 2.75) is 26.1 Å². The summed E-state index contributed by atoms with van der Waals surface area (Å²) in [5.41, 5.74) is 0.464. The van der Waals surface area contributed by atoms with E-state index in [2.05, 4.69) is 4.74 Å². The van der Waals surface area contributed by atoms with Crippen LogP contribution in [0.2, 0.25) is 0 Å². The second-order valence-electron chi connectivity index (χ2n) is 3.26. The normalized spacial score (nSPS) is 11.6. The Kier molecular flexibility index (Phi) is 4.18. The number of benzene rings is 1. The maximum atomic E-state index is 12.2. The van der Waals surface area contributed by atoms with E-state index in [4.69, 9.17) is 5.11 Å². The van der Waals surface area contributed by atoms with Crippen molar-refractivity contribution in [1.82, 2.24) is 0 Å². The van der Waals surface area contributed by atoms with Crippen LogP contribution in [-0.4, -0.2) is 11.5 Å². The molecule has 0 saturated carbocycles. The van der Waals surface area contributed by atoms with E-state index in [1.54, 1.807) is 12.1 Å². The molecule has 0 fully saturated rings. The zero-order valence-electron chi connectivity index (χ0n) is 8.71. The van der Waals surface area contributed by atoms with Crippen molar-refractivity contribution >= 4 is 0 Å². The lowest BCUT2D eigenvalue weighted by Crippen LogP contribution is -2.19. The van der Waals surface area contributed by atoms with Crippen molar-refractivity contribution in [3.63, 3.8) is 0 Å². The molecule has 0 unspecified atom stereocenters.